The van der Waals surface area contributed by atoms with Gasteiger partial charge in [-0.15, -0.1) is 0 Å². The number of hydrogen-bond acceptors (Lipinski definition) is 2. The molecule has 5 heteroatoms. The van der Waals surface area contributed by atoms with Crippen LogP contribution in [0.1, 0.15) is 11.1 Å². The molecule has 0 amide bonds. The number of rotatable bonds is 2. The van der Waals surface area contributed by atoms with E-state index in [-0.39, 0.29) is 12.1 Å². The molecule has 0 spiro atoms. The standard InChI is InChI=1S/C8H8F3NO/c9-8(10,11)7-4-2-1-3-6(7)5-12-13/h1-4,12-13H,5H2. The molecule has 0 saturated heterocycles. The van der Waals surface area contributed by atoms with Gasteiger partial charge in [-0.05, 0) is 11.6 Å². The van der Waals surface area contributed by atoms with Crippen molar-refractivity contribution in [3.05, 3.63) is 35.4 Å². The van der Waals surface area contributed by atoms with Crippen LogP contribution in [0.25, 0.3) is 0 Å². The van der Waals surface area contributed by atoms with E-state index >= 15 is 0 Å². The quantitative estimate of drug-likeness (QED) is 0.702. The molecule has 0 aliphatic carbocycles. The van der Waals surface area contributed by atoms with E-state index in [4.69, 9.17) is 5.21 Å². The summed E-state index contributed by atoms with van der Waals surface area (Å²) in [6.07, 6.45) is -4.37. The van der Waals surface area contributed by atoms with E-state index in [1.54, 1.807) is 5.48 Å². The molecule has 2 N–H and O–H groups in total. The van der Waals surface area contributed by atoms with Crippen LogP contribution in [0, 0.1) is 0 Å². The maximum absolute atomic E-state index is 12.3. The highest BCUT2D eigenvalue weighted by Gasteiger charge is 2.32. The lowest BCUT2D eigenvalue weighted by molar-refractivity contribution is -0.138. The van der Waals surface area contributed by atoms with Crippen LogP contribution in [0.4, 0.5) is 13.2 Å². The number of hydrogen-bond donors (Lipinski definition) is 2. The second-order valence-electron chi connectivity index (χ2n) is 2.49. The van der Waals surface area contributed by atoms with Crippen LogP contribution in [-0.2, 0) is 12.7 Å². The largest absolute Gasteiger partial charge is 0.416 e. The van der Waals surface area contributed by atoms with Crippen molar-refractivity contribution in [2.45, 2.75) is 12.7 Å². The van der Waals surface area contributed by atoms with Crippen LogP contribution in [0.15, 0.2) is 24.3 Å². The summed E-state index contributed by atoms with van der Waals surface area (Å²) in [5, 5.41) is 8.29. The zero-order chi connectivity index (χ0) is 9.90. The average Bonchev–Trinajstić information content (AvgIpc) is 2.04. The van der Waals surface area contributed by atoms with Gasteiger partial charge in [0.1, 0.15) is 0 Å². The maximum Gasteiger partial charge on any atom is 0.416 e. The van der Waals surface area contributed by atoms with Crippen LogP contribution in [-0.4, -0.2) is 5.21 Å². The lowest BCUT2D eigenvalue weighted by Crippen LogP contribution is -2.14. The van der Waals surface area contributed by atoms with Crippen molar-refractivity contribution in [1.29, 1.82) is 0 Å². The summed E-state index contributed by atoms with van der Waals surface area (Å²) in [5.74, 6) is 0. The van der Waals surface area contributed by atoms with Crippen molar-refractivity contribution in [2.24, 2.45) is 0 Å². The molecule has 0 unspecified atom stereocenters. The van der Waals surface area contributed by atoms with Gasteiger partial charge in [0.2, 0.25) is 0 Å². The first kappa shape index (κ1) is 10.0. The van der Waals surface area contributed by atoms with Gasteiger partial charge in [-0.25, -0.2) is 5.48 Å². The van der Waals surface area contributed by atoms with Gasteiger partial charge in [-0.3, -0.25) is 0 Å². The summed E-state index contributed by atoms with van der Waals surface area (Å²) in [7, 11) is 0. The van der Waals surface area contributed by atoms with E-state index in [1.807, 2.05) is 0 Å². The molecule has 0 aliphatic heterocycles. The minimum Gasteiger partial charge on any atom is -0.316 e. The van der Waals surface area contributed by atoms with Crippen molar-refractivity contribution in [3.8, 4) is 0 Å². The summed E-state index contributed by atoms with van der Waals surface area (Å²) in [6.45, 7) is -0.213. The molecule has 0 aliphatic rings. The summed E-state index contributed by atoms with van der Waals surface area (Å²) in [6, 6.07) is 5.09. The number of benzene rings is 1. The molecule has 1 rings (SSSR count). The van der Waals surface area contributed by atoms with Crippen molar-refractivity contribution in [2.75, 3.05) is 0 Å². The number of halogens is 3. The molecule has 0 bridgehead atoms. The van der Waals surface area contributed by atoms with Gasteiger partial charge in [-0.2, -0.15) is 13.2 Å². The minimum absolute atomic E-state index is 0.0255. The van der Waals surface area contributed by atoms with Crippen LogP contribution in [0.2, 0.25) is 0 Å². The summed E-state index contributed by atoms with van der Waals surface area (Å²) < 4.78 is 36.8. The van der Waals surface area contributed by atoms with Gasteiger partial charge >= 0.3 is 6.18 Å². The molecule has 1 aromatic carbocycles. The molecule has 13 heavy (non-hydrogen) atoms. The summed E-state index contributed by atoms with van der Waals surface area (Å²) >= 11 is 0. The van der Waals surface area contributed by atoms with E-state index in [0.29, 0.717) is 0 Å². The highest BCUT2D eigenvalue weighted by molar-refractivity contribution is 5.29. The van der Waals surface area contributed by atoms with Gasteiger partial charge in [0, 0.05) is 6.54 Å². The first-order valence-electron chi connectivity index (χ1n) is 3.58. The summed E-state index contributed by atoms with van der Waals surface area (Å²) in [4.78, 5) is 0. The molecule has 0 aromatic heterocycles. The molecule has 0 radical (unpaired) electrons. The Hall–Kier alpha value is -1.07. The van der Waals surface area contributed by atoms with E-state index in [2.05, 4.69) is 0 Å². The monoisotopic (exact) mass is 191 g/mol. The Morgan fingerprint density at radius 3 is 2.38 bits per heavy atom. The van der Waals surface area contributed by atoms with Crippen molar-refractivity contribution < 1.29 is 18.4 Å². The Bertz CT molecular complexity index is 285. The SMILES string of the molecule is ONCc1ccccc1C(F)(F)F. The Labute approximate surface area is 73.0 Å². The first-order chi connectivity index (χ1) is 6.05. The van der Waals surface area contributed by atoms with Crippen molar-refractivity contribution in [1.82, 2.24) is 5.48 Å². The number of alkyl halides is 3. The smallest absolute Gasteiger partial charge is 0.316 e. The Balaban J connectivity index is 3.05. The normalized spacial score (nSPS) is 11.7. The average molecular weight is 191 g/mol. The van der Waals surface area contributed by atoms with Crippen LogP contribution >= 0.6 is 0 Å². The molecular weight excluding hydrogens is 183 g/mol. The third-order valence-electron chi connectivity index (χ3n) is 1.59. The molecule has 72 valence electrons. The first-order valence-corrected chi connectivity index (χ1v) is 3.58. The van der Waals surface area contributed by atoms with Crippen molar-refractivity contribution >= 4 is 0 Å². The van der Waals surface area contributed by atoms with Gasteiger partial charge in [0.05, 0.1) is 5.56 Å². The highest BCUT2D eigenvalue weighted by Crippen LogP contribution is 2.31. The molecular formula is C8H8F3NO. The summed E-state index contributed by atoms with van der Waals surface area (Å²) in [5.41, 5.74) is 0.997. The minimum atomic E-state index is -4.37. The van der Waals surface area contributed by atoms with Crippen LogP contribution < -0.4 is 5.48 Å². The fourth-order valence-corrected chi connectivity index (χ4v) is 1.04. The fraction of sp³-hybridized carbons (Fsp3) is 0.250. The Kier molecular flexibility index (Phi) is 2.90. The molecule has 0 saturated carbocycles. The van der Waals surface area contributed by atoms with E-state index in [1.165, 1.54) is 18.2 Å². The van der Waals surface area contributed by atoms with Gasteiger partial charge in [-0.1, -0.05) is 18.2 Å². The van der Waals surface area contributed by atoms with Crippen molar-refractivity contribution in [3.63, 3.8) is 0 Å². The zero-order valence-electron chi connectivity index (χ0n) is 6.60. The Morgan fingerprint density at radius 2 is 1.85 bits per heavy atom. The van der Waals surface area contributed by atoms with Gasteiger partial charge in [0.25, 0.3) is 0 Å². The number of hydroxylamine groups is 1. The van der Waals surface area contributed by atoms with Crippen LogP contribution in [0.3, 0.4) is 0 Å². The number of nitrogens with one attached hydrogen (secondary N) is 1. The Morgan fingerprint density at radius 1 is 1.23 bits per heavy atom. The third-order valence-corrected chi connectivity index (χ3v) is 1.59. The second-order valence-corrected chi connectivity index (χ2v) is 2.49. The topological polar surface area (TPSA) is 32.3 Å². The predicted molar refractivity (Wildman–Crippen MR) is 40.1 cm³/mol. The lowest BCUT2D eigenvalue weighted by atomic mass is 10.1. The highest BCUT2D eigenvalue weighted by atomic mass is 19.4. The fourth-order valence-electron chi connectivity index (χ4n) is 1.04. The van der Waals surface area contributed by atoms with Gasteiger partial charge < -0.3 is 5.21 Å². The molecule has 0 fully saturated rings. The third kappa shape index (κ3) is 2.43. The van der Waals surface area contributed by atoms with Gasteiger partial charge in [0.15, 0.2) is 0 Å². The maximum atomic E-state index is 12.3. The second kappa shape index (κ2) is 3.76. The van der Waals surface area contributed by atoms with E-state index in [9.17, 15) is 13.2 Å². The molecule has 2 nitrogen and oxygen atoms in total. The molecule has 0 atom stereocenters. The predicted octanol–water partition coefficient (Wildman–Crippen LogP) is 2.18. The van der Waals surface area contributed by atoms with Crippen LogP contribution in [0.5, 0.6) is 0 Å². The zero-order valence-corrected chi connectivity index (χ0v) is 6.60. The van der Waals surface area contributed by atoms with E-state index < -0.39 is 11.7 Å². The molecule has 1 aromatic rings. The lowest BCUT2D eigenvalue weighted by Gasteiger charge is -2.11. The molecule has 0 heterocycles. The van der Waals surface area contributed by atoms with E-state index in [0.717, 1.165) is 6.07 Å².